The van der Waals surface area contributed by atoms with Gasteiger partial charge in [-0.05, 0) is 36.1 Å². The average Bonchev–Trinajstić information content (AvgIpc) is 3.19. The minimum Gasteiger partial charge on any atom is -0.379 e. The molecule has 1 aliphatic heterocycles. The van der Waals surface area contributed by atoms with Crippen molar-refractivity contribution in [2.45, 2.75) is 40.0 Å². The van der Waals surface area contributed by atoms with Crippen molar-refractivity contribution in [1.29, 1.82) is 0 Å². The molecule has 0 radical (unpaired) electrons. The minimum absolute atomic E-state index is 0.0429. The third-order valence-electron chi connectivity index (χ3n) is 5.21. The van der Waals surface area contributed by atoms with Crippen LogP contribution in [-0.4, -0.2) is 71.8 Å². The molecular formula is C23H33BrN4O3. The van der Waals surface area contributed by atoms with Crippen LogP contribution in [0.1, 0.15) is 39.5 Å². The van der Waals surface area contributed by atoms with Gasteiger partial charge in [0.25, 0.3) is 0 Å². The average molecular weight is 493 g/mol. The summed E-state index contributed by atoms with van der Waals surface area (Å²) in [5.74, 6) is 1.31. The maximum absolute atomic E-state index is 12.9. The van der Waals surface area contributed by atoms with Crippen LogP contribution in [0, 0.1) is 5.41 Å². The van der Waals surface area contributed by atoms with Crippen molar-refractivity contribution in [1.82, 2.24) is 19.9 Å². The molecule has 0 atom stereocenters. The molecule has 170 valence electrons. The van der Waals surface area contributed by atoms with Gasteiger partial charge in [0.1, 0.15) is 0 Å². The topological polar surface area (TPSA) is 71.7 Å². The molecule has 2 aromatic rings. The Bertz CT molecular complexity index is 826. The molecule has 31 heavy (non-hydrogen) atoms. The molecule has 0 spiro atoms. The third kappa shape index (κ3) is 8.01. The monoisotopic (exact) mass is 492 g/mol. The van der Waals surface area contributed by atoms with E-state index in [4.69, 9.17) is 9.26 Å². The summed E-state index contributed by atoms with van der Waals surface area (Å²) in [6, 6.07) is 7.80. The standard InChI is InChI=1S/C23H33BrN4O3/c1-23(2,3)17-21(29)28(11-4-10-27-13-15-30-16-14-27)12-9-20-25-22(26-31-20)18-5-7-19(24)8-6-18/h5-8H,4,9-17H2,1-3H3. The first-order valence-electron chi connectivity index (χ1n) is 11.0. The zero-order valence-corrected chi connectivity index (χ0v) is 20.4. The zero-order valence-electron chi connectivity index (χ0n) is 18.8. The van der Waals surface area contributed by atoms with Gasteiger partial charge in [-0.3, -0.25) is 9.69 Å². The summed E-state index contributed by atoms with van der Waals surface area (Å²) in [5, 5.41) is 4.10. The predicted molar refractivity (Wildman–Crippen MR) is 124 cm³/mol. The Morgan fingerprint density at radius 3 is 2.55 bits per heavy atom. The number of amides is 1. The number of nitrogens with zero attached hydrogens (tertiary/aromatic N) is 4. The first kappa shape index (κ1) is 23.9. The largest absolute Gasteiger partial charge is 0.379 e. The van der Waals surface area contributed by atoms with Crippen LogP contribution in [0.5, 0.6) is 0 Å². The Balaban J connectivity index is 1.56. The number of carbonyl (C=O) groups excluding carboxylic acids is 1. The summed E-state index contributed by atoms with van der Waals surface area (Å²) < 4.78 is 11.9. The van der Waals surface area contributed by atoms with Crippen LogP contribution >= 0.6 is 15.9 Å². The molecule has 0 saturated carbocycles. The van der Waals surface area contributed by atoms with Gasteiger partial charge < -0.3 is 14.2 Å². The van der Waals surface area contributed by atoms with E-state index in [0.29, 0.717) is 31.1 Å². The van der Waals surface area contributed by atoms with Crippen molar-refractivity contribution in [2.24, 2.45) is 5.41 Å². The maximum atomic E-state index is 12.9. The highest BCUT2D eigenvalue weighted by Crippen LogP contribution is 2.21. The van der Waals surface area contributed by atoms with Crippen LogP contribution in [-0.2, 0) is 16.0 Å². The quantitative estimate of drug-likeness (QED) is 0.526. The van der Waals surface area contributed by atoms with Crippen molar-refractivity contribution in [3.05, 3.63) is 34.6 Å². The molecule has 0 aliphatic carbocycles. The normalized spacial score (nSPS) is 15.2. The number of halogens is 1. The molecule has 2 heterocycles. The number of hydrogen-bond donors (Lipinski definition) is 0. The van der Waals surface area contributed by atoms with E-state index in [-0.39, 0.29) is 11.3 Å². The van der Waals surface area contributed by atoms with Crippen molar-refractivity contribution in [2.75, 3.05) is 45.9 Å². The lowest BCUT2D eigenvalue weighted by Gasteiger charge is -2.29. The van der Waals surface area contributed by atoms with Crippen molar-refractivity contribution < 1.29 is 14.1 Å². The lowest BCUT2D eigenvalue weighted by molar-refractivity contribution is -0.133. The second kappa shape index (κ2) is 11.2. The van der Waals surface area contributed by atoms with Gasteiger partial charge in [0.15, 0.2) is 0 Å². The van der Waals surface area contributed by atoms with Gasteiger partial charge in [0.05, 0.1) is 13.2 Å². The third-order valence-corrected chi connectivity index (χ3v) is 5.74. The summed E-state index contributed by atoms with van der Waals surface area (Å²) in [4.78, 5) is 21.8. The van der Waals surface area contributed by atoms with Gasteiger partial charge in [-0.15, -0.1) is 0 Å². The molecule has 1 amide bonds. The van der Waals surface area contributed by atoms with Gasteiger partial charge in [0, 0.05) is 55.6 Å². The van der Waals surface area contributed by atoms with E-state index in [1.54, 1.807) is 0 Å². The lowest BCUT2D eigenvalue weighted by Crippen LogP contribution is -2.40. The SMILES string of the molecule is CC(C)(C)CC(=O)N(CCCN1CCOCC1)CCc1nc(-c2ccc(Br)cc2)no1. The molecule has 0 bridgehead atoms. The number of carbonyl (C=O) groups is 1. The number of hydrogen-bond acceptors (Lipinski definition) is 6. The highest BCUT2D eigenvalue weighted by Gasteiger charge is 2.22. The smallest absolute Gasteiger partial charge is 0.228 e. The van der Waals surface area contributed by atoms with Crippen LogP contribution in [0.3, 0.4) is 0 Å². The summed E-state index contributed by atoms with van der Waals surface area (Å²) in [6.45, 7) is 12.1. The van der Waals surface area contributed by atoms with E-state index in [1.807, 2.05) is 29.2 Å². The highest BCUT2D eigenvalue weighted by atomic mass is 79.9. The van der Waals surface area contributed by atoms with Crippen molar-refractivity contribution >= 4 is 21.8 Å². The zero-order chi connectivity index (χ0) is 22.3. The molecule has 0 unspecified atom stereocenters. The molecular weight excluding hydrogens is 460 g/mol. The predicted octanol–water partition coefficient (Wildman–Crippen LogP) is 4.03. The Kier molecular flexibility index (Phi) is 8.63. The molecule has 1 saturated heterocycles. The summed E-state index contributed by atoms with van der Waals surface area (Å²) in [6.07, 6.45) is 2.03. The van der Waals surface area contributed by atoms with Crippen molar-refractivity contribution in [3.8, 4) is 11.4 Å². The van der Waals surface area contributed by atoms with E-state index in [0.717, 1.165) is 55.8 Å². The van der Waals surface area contributed by atoms with Gasteiger partial charge in [-0.25, -0.2) is 0 Å². The van der Waals surface area contributed by atoms with Crippen LogP contribution in [0.25, 0.3) is 11.4 Å². The maximum Gasteiger partial charge on any atom is 0.228 e. The number of benzene rings is 1. The fraction of sp³-hybridized carbons (Fsp3) is 0.609. The molecule has 3 rings (SSSR count). The molecule has 1 aromatic carbocycles. The molecule has 7 nitrogen and oxygen atoms in total. The van der Waals surface area contributed by atoms with E-state index >= 15 is 0 Å². The van der Waals surface area contributed by atoms with Crippen LogP contribution < -0.4 is 0 Å². The molecule has 1 fully saturated rings. The summed E-state index contributed by atoms with van der Waals surface area (Å²) in [7, 11) is 0. The van der Waals surface area contributed by atoms with E-state index < -0.39 is 0 Å². The molecule has 1 aromatic heterocycles. The molecule has 1 aliphatic rings. The van der Waals surface area contributed by atoms with Gasteiger partial charge in [0.2, 0.25) is 17.6 Å². The Labute approximate surface area is 193 Å². The number of aromatic nitrogens is 2. The second-order valence-corrected chi connectivity index (χ2v) is 10.1. The Morgan fingerprint density at radius 2 is 1.87 bits per heavy atom. The van der Waals surface area contributed by atoms with Crippen molar-refractivity contribution in [3.63, 3.8) is 0 Å². The van der Waals surface area contributed by atoms with Crippen LogP contribution in [0.4, 0.5) is 0 Å². The highest BCUT2D eigenvalue weighted by molar-refractivity contribution is 9.10. The van der Waals surface area contributed by atoms with E-state index in [9.17, 15) is 4.79 Å². The fourth-order valence-electron chi connectivity index (χ4n) is 3.54. The molecule has 0 N–H and O–H groups in total. The summed E-state index contributed by atoms with van der Waals surface area (Å²) in [5.41, 5.74) is 0.864. The van der Waals surface area contributed by atoms with Crippen LogP contribution in [0.15, 0.2) is 33.3 Å². The Hall–Kier alpha value is -1.77. The summed E-state index contributed by atoms with van der Waals surface area (Å²) >= 11 is 3.43. The minimum atomic E-state index is -0.0429. The van der Waals surface area contributed by atoms with E-state index in [1.165, 1.54) is 0 Å². The van der Waals surface area contributed by atoms with E-state index in [2.05, 4.69) is 51.7 Å². The van der Waals surface area contributed by atoms with Crippen LogP contribution in [0.2, 0.25) is 0 Å². The first-order valence-corrected chi connectivity index (χ1v) is 11.8. The van der Waals surface area contributed by atoms with Gasteiger partial charge >= 0.3 is 0 Å². The number of rotatable bonds is 9. The fourth-order valence-corrected chi connectivity index (χ4v) is 3.80. The molecule has 8 heteroatoms. The number of morpholine rings is 1. The Morgan fingerprint density at radius 1 is 1.16 bits per heavy atom. The second-order valence-electron chi connectivity index (χ2n) is 9.19. The first-order chi connectivity index (χ1) is 14.8. The van der Waals surface area contributed by atoms with Gasteiger partial charge in [-0.1, -0.05) is 41.9 Å². The lowest BCUT2D eigenvalue weighted by atomic mass is 9.91. The number of ether oxygens (including phenoxy) is 1. The van der Waals surface area contributed by atoms with Gasteiger partial charge in [-0.2, -0.15) is 4.98 Å².